The number of thioether (sulfide) groups is 1. The molecule has 2 saturated heterocycles. The standard InChI is InChI=1S/C24H22ClF3N4O2S/c1-30-7-6-18(13-30)32-22(33)21(35-23(32)34)9-14-2-5-20-16(8-14)11-29-31(20)12-15-3-4-17(25)10-19(15)24(26,27)28/h2-5,8-11,18,23,34H,6-7,12-13H2,1H3/b21-9-/t18-,23?/m0/s1. The van der Waals surface area contributed by atoms with Crippen molar-refractivity contribution in [2.45, 2.75) is 30.7 Å². The number of aliphatic hydroxyl groups excluding tert-OH is 1. The lowest BCUT2D eigenvalue weighted by Gasteiger charge is -2.25. The molecule has 3 aromatic rings. The van der Waals surface area contributed by atoms with Crippen molar-refractivity contribution in [2.24, 2.45) is 0 Å². The van der Waals surface area contributed by atoms with Gasteiger partial charge in [-0.1, -0.05) is 35.5 Å². The van der Waals surface area contributed by atoms with E-state index in [0.717, 1.165) is 48.3 Å². The summed E-state index contributed by atoms with van der Waals surface area (Å²) in [5, 5.41) is 15.5. The maximum absolute atomic E-state index is 13.5. The van der Waals surface area contributed by atoms with Gasteiger partial charge in [0.1, 0.15) is 0 Å². The van der Waals surface area contributed by atoms with E-state index in [9.17, 15) is 23.1 Å². The van der Waals surface area contributed by atoms with Crippen molar-refractivity contribution >= 4 is 46.2 Å². The fourth-order valence-electron chi connectivity index (χ4n) is 4.61. The van der Waals surface area contributed by atoms with Crippen molar-refractivity contribution < 1.29 is 23.1 Å². The van der Waals surface area contributed by atoms with E-state index >= 15 is 0 Å². The zero-order valence-electron chi connectivity index (χ0n) is 18.7. The summed E-state index contributed by atoms with van der Waals surface area (Å²) in [6.45, 7) is 1.54. The number of hydrogen-bond acceptors (Lipinski definition) is 5. The van der Waals surface area contributed by atoms with Gasteiger partial charge >= 0.3 is 6.18 Å². The molecule has 2 aromatic carbocycles. The molecule has 35 heavy (non-hydrogen) atoms. The van der Waals surface area contributed by atoms with Gasteiger partial charge in [0.2, 0.25) is 0 Å². The number of nitrogens with zero attached hydrogens (tertiary/aromatic N) is 4. The number of hydrogen-bond donors (Lipinski definition) is 1. The number of fused-ring (bicyclic) bond motifs is 1. The third-order valence-corrected chi connectivity index (χ3v) is 7.56. The Labute approximate surface area is 208 Å². The smallest absolute Gasteiger partial charge is 0.364 e. The highest BCUT2D eigenvalue weighted by atomic mass is 35.5. The molecule has 2 atom stereocenters. The van der Waals surface area contributed by atoms with Crippen LogP contribution in [0.4, 0.5) is 13.2 Å². The molecule has 0 saturated carbocycles. The molecule has 0 spiro atoms. The van der Waals surface area contributed by atoms with Crippen LogP contribution in [0.15, 0.2) is 47.5 Å². The van der Waals surface area contributed by atoms with Crippen LogP contribution in [0.5, 0.6) is 0 Å². The van der Waals surface area contributed by atoms with Crippen LogP contribution in [0, 0.1) is 0 Å². The Hall–Kier alpha value is -2.53. The maximum Gasteiger partial charge on any atom is 0.416 e. The van der Waals surface area contributed by atoms with Gasteiger partial charge in [0.15, 0.2) is 5.56 Å². The summed E-state index contributed by atoms with van der Waals surface area (Å²) in [6, 6.07) is 9.07. The minimum atomic E-state index is -4.53. The molecular formula is C24H22ClF3N4O2S. The lowest BCUT2D eigenvalue weighted by atomic mass is 10.1. The van der Waals surface area contributed by atoms with Crippen LogP contribution in [0.2, 0.25) is 5.02 Å². The van der Waals surface area contributed by atoms with E-state index in [4.69, 9.17) is 11.6 Å². The van der Waals surface area contributed by atoms with Crippen molar-refractivity contribution in [2.75, 3.05) is 20.1 Å². The zero-order chi connectivity index (χ0) is 24.9. The summed E-state index contributed by atoms with van der Waals surface area (Å²) >= 11 is 6.90. The first-order chi connectivity index (χ1) is 16.6. The molecule has 0 bridgehead atoms. The summed E-state index contributed by atoms with van der Waals surface area (Å²) in [5.41, 5.74) is -0.232. The van der Waals surface area contributed by atoms with Crippen molar-refractivity contribution in [3.05, 3.63) is 69.2 Å². The zero-order valence-corrected chi connectivity index (χ0v) is 20.2. The number of likely N-dealkylation sites (N-methyl/N-ethyl adjacent to an activating group) is 1. The Morgan fingerprint density at radius 2 is 2.06 bits per heavy atom. The lowest BCUT2D eigenvalue weighted by Crippen LogP contribution is -2.42. The summed E-state index contributed by atoms with van der Waals surface area (Å²) in [7, 11) is 1.99. The fraction of sp³-hybridized carbons (Fsp3) is 0.333. The minimum Gasteiger partial charge on any atom is -0.364 e. The molecule has 2 aliphatic rings. The number of carbonyl (C=O) groups excluding carboxylic acids is 1. The Morgan fingerprint density at radius 1 is 1.26 bits per heavy atom. The molecule has 2 aliphatic heterocycles. The van der Waals surface area contributed by atoms with Crippen molar-refractivity contribution in [1.29, 1.82) is 0 Å². The molecule has 1 N–H and O–H groups in total. The quantitative estimate of drug-likeness (QED) is 0.505. The van der Waals surface area contributed by atoms with Crippen LogP contribution in [0.3, 0.4) is 0 Å². The second kappa shape index (κ2) is 9.16. The molecule has 2 fully saturated rings. The van der Waals surface area contributed by atoms with Crippen LogP contribution in [-0.4, -0.2) is 62.3 Å². The minimum absolute atomic E-state index is 0.0175. The number of aromatic nitrogens is 2. The number of halogens is 4. The van der Waals surface area contributed by atoms with E-state index in [1.54, 1.807) is 29.3 Å². The maximum atomic E-state index is 13.5. The van der Waals surface area contributed by atoms with Gasteiger partial charge in [-0.25, -0.2) is 0 Å². The molecule has 0 radical (unpaired) electrons. The molecule has 184 valence electrons. The molecule has 11 heteroatoms. The Bertz CT molecular complexity index is 1330. The van der Waals surface area contributed by atoms with E-state index in [-0.39, 0.29) is 29.1 Å². The topological polar surface area (TPSA) is 61.6 Å². The van der Waals surface area contributed by atoms with Crippen LogP contribution in [-0.2, 0) is 17.5 Å². The number of alkyl halides is 3. The molecule has 3 heterocycles. The SMILES string of the molecule is CN1CC[C@H](N2C(=O)/C(=C/c3ccc4c(cnn4Cc4ccc(Cl)cc4C(F)(F)F)c3)SC2O)C1. The number of carbonyl (C=O) groups is 1. The van der Waals surface area contributed by atoms with E-state index in [2.05, 4.69) is 10.00 Å². The average molecular weight is 523 g/mol. The van der Waals surface area contributed by atoms with E-state index in [0.29, 0.717) is 10.4 Å². The highest BCUT2D eigenvalue weighted by Gasteiger charge is 2.41. The van der Waals surface area contributed by atoms with Crippen molar-refractivity contribution in [3.63, 3.8) is 0 Å². The van der Waals surface area contributed by atoms with Gasteiger partial charge in [0, 0.05) is 23.0 Å². The Balaban J connectivity index is 1.39. The summed E-state index contributed by atoms with van der Waals surface area (Å²) in [4.78, 5) is 17.1. The van der Waals surface area contributed by atoms with E-state index in [1.807, 2.05) is 13.1 Å². The largest absolute Gasteiger partial charge is 0.416 e. The molecule has 1 aromatic heterocycles. The Kier molecular flexibility index (Phi) is 6.33. The van der Waals surface area contributed by atoms with Gasteiger partial charge in [0.05, 0.1) is 28.7 Å². The number of amides is 1. The Morgan fingerprint density at radius 3 is 2.77 bits per heavy atom. The van der Waals surface area contributed by atoms with Crippen LogP contribution >= 0.6 is 23.4 Å². The first kappa shape index (κ1) is 24.2. The predicted molar refractivity (Wildman–Crippen MR) is 130 cm³/mol. The first-order valence-electron chi connectivity index (χ1n) is 11.0. The number of aliphatic hydroxyl groups is 1. The average Bonchev–Trinajstić information content (AvgIpc) is 3.46. The molecular weight excluding hydrogens is 501 g/mol. The fourth-order valence-corrected chi connectivity index (χ4v) is 5.80. The molecule has 1 amide bonds. The van der Waals surface area contributed by atoms with Crippen LogP contribution in [0.25, 0.3) is 17.0 Å². The normalized spacial score (nSPS) is 22.7. The molecule has 0 aliphatic carbocycles. The summed E-state index contributed by atoms with van der Waals surface area (Å²) < 4.78 is 41.9. The monoisotopic (exact) mass is 522 g/mol. The van der Waals surface area contributed by atoms with E-state index < -0.39 is 17.3 Å². The summed E-state index contributed by atoms with van der Waals surface area (Å²) in [6.07, 6.45) is -0.394. The molecule has 5 rings (SSSR count). The summed E-state index contributed by atoms with van der Waals surface area (Å²) in [5.74, 6) is -0.194. The highest BCUT2D eigenvalue weighted by Crippen LogP contribution is 2.38. The molecule has 6 nitrogen and oxygen atoms in total. The van der Waals surface area contributed by atoms with Gasteiger partial charge in [-0.2, -0.15) is 18.3 Å². The van der Waals surface area contributed by atoms with E-state index in [1.165, 1.54) is 16.8 Å². The third-order valence-electron chi connectivity index (χ3n) is 6.34. The second-order valence-corrected chi connectivity index (χ2v) is 10.3. The van der Waals surface area contributed by atoms with Crippen LogP contribution in [0.1, 0.15) is 23.1 Å². The lowest BCUT2D eigenvalue weighted by molar-refractivity contribution is -0.138. The van der Waals surface area contributed by atoms with Crippen molar-refractivity contribution in [1.82, 2.24) is 19.6 Å². The van der Waals surface area contributed by atoms with Gasteiger partial charge in [-0.3, -0.25) is 14.4 Å². The van der Waals surface area contributed by atoms with Gasteiger partial charge < -0.3 is 10.0 Å². The molecule has 1 unspecified atom stereocenters. The highest BCUT2D eigenvalue weighted by molar-refractivity contribution is 8.05. The predicted octanol–water partition coefficient (Wildman–Crippen LogP) is 4.65. The first-order valence-corrected chi connectivity index (χ1v) is 12.2. The number of rotatable bonds is 4. The van der Waals surface area contributed by atoms with Crippen molar-refractivity contribution in [3.8, 4) is 0 Å². The van der Waals surface area contributed by atoms with Gasteiger partial charge in [0.25, 0.3) is 5.91 Å². The number of benzene rings is 2. The second-order valence-electron chi connectivity index (χ2n) is 8.79. The van der Waals surface area contributed by atoms with Gasteiger partial charge in [-0.05, 0) is 61.5 Å². The number of likely N-dealkylation sites (tertiary alicyclic amines) is 1. The van der Waals surface area contributed by atoms with Gasteiger partial charge in [-0.15, -0.1) is 0 Å². The van der Waals surface area contributed by atoms with Crippen LogP contribution < -0.4 is 0 Å². The third kappa shape index (κ3) is 4.80.